The molecule has 22 heavy (non-hydrogen) atoms. The van der Waals surface area contributed by atoms with Gasteiger partial charge in [-0.05, 0) is 43.3 Å². The summed E-state index contributed by atoms with van der Waals surface area (Å²) in [6.07, 6.45) is 2.38. The molecular formula is C15H20ClN3O2S. The van der Waals surface area contributed by atoms with E-state index in [9.17, 15) is 9.59 Å². The van der Waals surface area contributed by atoms with Crippen LogP contribution in [0.5, 0.6) is 0 Å². The van der Waals surface area contributed by atoms with Gasteiger partial charge >= 0.3 is 0 Å². The molecule has 0 fully saturated rings. The summed E-state index contributed by atoms with van der Waals surface area (Å²) < 4.78 is 0. The molecule has 120 valence electrons. The predicted octanol–water partition coefficient (Wildman–Crippen LogP) is 3.69. The molecule has 0 radical (unpaired) electrons. The number of amides is 2. The van der Waals surface area contributed by atoms with E-state index in [-0.39, 0.29) is 16.9 Å². The molecule has 0 aliphatic carbocycles. The second-order valence-electron chi connectivity index (χ2n) is 4.75. The summed E-state index contributed by atoms with van der Waals surface area (Å²) in [6, 6.07) is 5.04. The molecule has 2 amide bonds. The Morgan fingerprint density at radius 1 is 1.09 bits per heavy atom. The number of carbonyl (C=O) groups excluding carboxylic acids is 2. The van der Waals surface area contributed by atoms with Crippen molar-refractivity contribution < 1.29 is 9.59 Å². The molecule has 0 saturated carbocycles. The van der Waals surface area contributed by atoms with E-state index >= 15 is 0 Å². The van der Waals surface area contributed by atoms with Crippen molar-refractivity contribution in [3.8, 4) is 0 Å². The van der Waals surface area contributed by atoms with Gasteiger partial charge in [0.25, 0.3) is 0 Å². The van der Waals surface area contributed by atoms with Crippen molar-refractivity contribution in [2.75, 3.05) is 10.6 Å². The van der Waals surface area contributed by atoms with E-state index in [1.807, 2.05) is 13.8 Å². The lowest BCUT2D eigenvalue weighted by Crippen LogP contribution is -2.33. The van der Waals surface area contributed by atoms with Crippen LogP contribution in [0.15, 0.2) is 18.2 Å². The van der Waals surface area contributed by atoms with E-state index in [4.69, 9.17) is 23.8 Å². The average Bonchev–Trinajstić information content (AvgIpc) is 2.42. The van der Waals surface area contributed by atoms with Crippen LogP contribution in [-0.2, 0) is 9.59 Å². The van der Waals surface area contributed by atoms with E-state index in [2.05, 4.69) is 16.0 Å². The molecule has 0 bridgehead atoms. The predicted molar refractivity (Wildman–Crippen MR) is 94.3 cm³/mol. The molecule has 0 aliphatic rings. The molecule has 0 heterocycles. The Kier molecular flexibility index (Phi) is 7.84. The van der Waals surface area contributed by atoms with Gasteiger partial charge in [0.15, 0.2) is 5.11 Å². The number of thiocarbonyl (C=S) groups is 1. The highest BCUT2D eigenvalue weighted by atomic mass is 35.5. The van der Waals surface area contributed by atoms with E-state index in [0.29, 0.717) is 29.2 Å². The maximum atomic E-state index is 11.6. The van der Waals surface area contributed by atoms with Gasteiger partial charge in [0.2, 0.25) is 11.8 Å². The molecule has 0 unspecified atom stereocenters. The monoisotopic (exact) mass is 341 g/mol. The number of nitrogens with one attached hydrogen (secondary N) is 3. The first-order valence-corrected chi connectivity index (χ1v) is 7.95. The molecule has 0 aromatic heterocycles. The molecule has 3 N–H and O–H groups in total. The van der Waals surface area contributed by atoms with Crippen LogP contribution in [0.3, 0.4) is 0 Å². The van der Waals surface area contributed by atoms with Gasteiger partial charge in [-0.25, -0.2) is 0 Å². The highest BCUT2D eigenvalue weighted by molar-refractivity contribution is 7.80. The molecule has 1 rings (SSSR count). The van der Waals surface area contributed by atoms with Gasteiger partial charge in [-0.3, -0.25) is 9.59 Å². The van der Waals surface area contributed by atoms with Gasteiger partial charge in [0, 0.05) is 18.5 Å². The van der Waals surface area contributed by atoms with E-state index in [1.54, 1.807) is 18.2 Å². The van der Waals surface area contributed by atoms with Gasteiger partial charge in [0.1, 0.15) is 0 Å². The third-order valence-electron chi connectivity index (χ3n) is 2.71. The summed E-state index contributed by atoms with van der Waals surface area (Å²) in [7, 11) is 0. The molecule has 0 saturated heterocycles. The molecule has 0 aliphatic heterocycles. The van der Waals surface area contributed by atoms with E-state index in [0.717, 1.165) is 12.8 Å². The first kappa shape index (κ1) is 18.4. The van der Waals surface area contributed by atoms with Gasteiger partial charge in [-0.1, -0.05) is 25.4 Å². The standard InChI is InChI=1S/C15H20ClN3O2S/c1-3-5-13(20)17-10-7-8-11(16)12(9-10)18-15(22)19-14(21)6-4-2/h7-9H,3-6H2,1-2H3,(H,17,20)(H2,18,19,21,22). The van der Waals surface area contributed by atoms with Crippen molar-refractivity contribution in [3.63, 3.8) is 0 Å². The van der Waals surface area contributed by atoms with E-state index in [1.165, 1.54) is 0 Å². The summed E-state index contributed by atoms with van der Waals surface area (Å²) in [5.74, 6) is -0.210. The number of anilines is 2. The first-order valence-electron chi connectivity index (χ1n) is 7.16. The summed E-state index contributed by atoms with van der Waals surface area (Å²) in [5, 5.41) is 8.83. The fourth-order valence-corrected chi connectivity index (χ4v) is 2.11. The zero-order valence-corrected chi connectivity index (χ0v) is 14.2. The molecule has 0 atom stereocenters. The number of hydrogen-bond acceptors (Lipinski definition) is 3. The van der Waals surface area contributed by atoms with Crippen LogP contribution in [0.25, 0.3) is 0 Å². The van der Waals surface area contributed by atoms with Crippen LogP contribution in [0.4, 0.5) is 11.4 Å². The van der Waals surface area contributed by atoms with Crippen molar-refractivity contribution in [1.82, 2.24) is 5.32 Å². The number of benzene rings is 1. The zero-order chi connectivity index (χ0) is 16.5. The summed E-state index contributed by atoms with van der Waals surface area (Å²) in [6.45, 7) is 3.85. The lowest BCUT2D eigenvalue weighted by molar-refractivity contribution is -0.119. The Labute approximate surface area is 140 Å². The second kappa shape index (κ2) is 9.38. The SMILES string of the molecule is CCCC(=O)NC(=S)Nc1cc(NC(=O)CCC)ccc1Cl. The highest BCUT2D eigenvalue weighted by Gasteiger charge is 2.08. The summed E-state index contributed by atoms with van der Waals surface area (Å²) in [5.41, 5.74) is 1.14. The first-order chi connectivity index (χ1) is 10.5. The Hall–Kier alpha value is -1.66. The molecular weight excluding hydrogens is 322 g/mol. The number of hydrogen-bond donors (Lipinski definition) is 3. The Bertz CT molecular complexity index is 564. The Morgan fingerprint density at radius 3 is 2.36 bits per heavy atom. The quantitative estimate of drug-likeness (QED) is 0.690. The van der Waals surface area contributed by atoms with E-state index < -0.39 is 0 Å². The number of carbonyl (C=O) groups is 2. The van der Waals surface area contributed by atoms with Crippen LogP contribution in [0.2, 0.25) is 5.02 Å². The number of halogens is 1. The molecule has 1 aromatic carbocycles. The van der Waals surface area contributed by atoms with Crippen LogP contribution in [0, 0.1) is 0 Å². The Balaban J connectivity index is 2.71. The van der Waals surface area contributed by atoms with Crippen molar-refractivity contribution in [3.05, 3.63) is 23.2 Å². The van der Waals surface area contributed by atoms with Crippen molar-refractivity contribution in [2.24, 2.45) is 0 Å². The molecule has 0 spiro atoms. The molecule has 7 heteroatoms. The van der Waals surface area contributed by atoms with Gasteiger partial charge in [0.05, 0.1) is 10.7 Å². The summed E-state index contributed by atoms with van der Waals surface area (Å²) >= 11 is 11.2. The van der Waals surface area contributed by atoms with Crippen LogP contribution in [0.1, 0.15) is 39.5 Å². The Morgan fingerprint density at radius 2 is 1.73 bits per heavy atom. The van der Waals surface area contributed by atoms with Gasteiger partial charge in [-0.2, -0.15) is 0 Å². The maximum absolute atomic E-state index is 11.6. The lowest BCUT2D eigenvalue weighted by Gasteiger charge is -2.12. The smallest absolute Gasteiger partial charge is 0.226 e. The lowest BCUT2D eigenvalue weighted by atomic mass is 10.2. The largest absolute Gasteiger partial charge is 0.331 e. The second-order valence-corrected chi connectivity index (χ2v) is 5.56. The fourth-order valence-electron chi connectivity index (χ4n) is 1.72. The average molecular weight is 342 g/mol. The maximum Gasteiger partial charge on any atom is 0.226 e. The minimum absolute atomic E-state index is 0.0606. The van der Waals surface area contributed by atoms with Gasteiger partial charge in [-0.15, -0.1) is 0 Å². The number of rotatable bonds is 6. The third kappa shape index (κ3) is 6.41. The summed E-state index contributed by atoms with van der Waals surface area (Å²) in [4.78, 5) is 23.1. The topological polar surface area (TPSA) is 70.2 Å². The third-order valence-corrected chi connectivity index (χ3v) is 3.24. The minimum Gasteiger partial charge on any atom is -0.331 e. The molecule has 1 aromatic rings. The van der Waals surface area contributed by atoms with Crippen LogP contribution >= 0.6 is 23.8 Å². The molecule has 5 nitrogen and oxygen atoms in total. The normalized spacial score (nSPS) is 9.95. The highest BCUT2D eigenvalue weighted by Crippen LogP contribution is 2.25. The van der Waals surface area contributed by atoms with Crippen molar-refractivity contribution in [1.29, 1.82) is 0 Å². The fraction of sp³-hybridized carbons (Fsp3) is 0.400. The van der Waals surface area contributed by atoms with Crippen LogP contribution < -0.4 is 16.0 Å². The van der Waals surface area contributed by atoms with Crippen molar-refractivity contribution >= 4 is 52.1 Å². The van der Waals surface area contributed by atoms with Crippen molar-refractivity contribution in [2.45, 2.75) is 39.5 Å². The van der Waals surface area contributed by atoms with Crippen LogP contribution in [-0.4, -0.2) is 16.9 Å². The zero-order valence-electron chi connectivity index (χ0n) is 12.7. The minimum atomic E-state index is -0.150. The van der Waals surface area contributed by atoms with Gasteiger partial charge < -0.3 is 16.0 Å².